The lowest BCUT2D eigenvalue weighted by Crippen LogP contribution is -2.45. The van der Waals surface area contributed by atoms with Crippen LogP contribution < -0.4 is 5.73 Å². The van der Waals surface area contributed by atoms with E-state index in [0.717, 1.165) is 19.3 Å². The van der Waals surface area contributed by atoms with Crippen LogP contribution in [0, 0.1) is 5.41 Å². The van der Waals surface area contributed by atoms with E-state index in [9.17, 15) is 5.11 Å². The number of fused-ring (bicyclic) bond motifs is 2. The molecule has 0 amide bonds. The van der Waals surface area contributed by atoms with Crippen LogP contribution in [0.15, 0.2) is 6.20 Å². The summed E-state index contributed by atoms with van der Waals surface area (Å²) in [5.41, 5.74) is 5.53. The van der Waals surface area contributed by atoms with Crippen molar-refractivity contribution >= 4 is 11.6 Å². The van der Waals surface area contributed by atoms with Gasteiger partial charge in [-0.15, -0.1) is 0 Å². The van der Waals surface area contributed by atoms with Crippen LogP contribution >= 0.6 is 11.6 Å². The summed E-state index contributed by atoms with van der Waals surface area (Å²) in [6.45, 7) is 0.403. The Morgan fingerprint density at radius 2 is 2.50 bits per heavy atom. The van der Waals surface area contributed by atoms with Gasteiger partial charge in [-0.1, -0.05) is 11.6 Å². The largest absolute Gasteiger partial charge is 0.384 e. The second-order valence-corrected chi connectivity index (χ2v) is 5.75. The normalized spacial score (nSPS) is 36.2. The van der Waals surface area contributed by atoms with Gasteiger partial charge in [0.1, 0.15) is 17.1 Å². The predicted molar refractivity (Wildman–Crippen MR) is 67.2 cm³/mol. The molecule has 0 aliphatic carbocycles. The van der Waals surface area contributed by atoms with Gasteiger partial charge >= 0.3 is 0 Å². The Bertz CT molecular complexity index is 464. The molecule has 0 spiro atoms. The Balaban J connectivity index is 1.95. The molecule has 4 atom stereocenters. The summed E-state index contributed by atoms with van der Waals surface area (Å²) < 4.78 is 7.56. The van der Waals surface area contributed by atoms with Crippen LogP contribution in [-0.4, -0.2) is 33.4 Å². The van der Waals surface area contributed by atoms with E-state index in [1.165, 1.54) is 0 Å². The molecule has 0 aromatic carbocycles. The summed E-state index contributed by atoms with van der Waals surface area (Å²) in [5, 5.41) is 11.2. The number of hydrogen-bond donors (Lipinski definition) is 2. The monoisotopic (exact) mass is 271 g/mol. The zero-order chi connectivity index (χ0) is 12.9. The van der Waals surface area contributed by atoms with Gasteiger partial charge in [-0.05, 0) is 19.3 Å². The Labute approximate surface area is 111 Å². The summed E-state index contributed by atoms with van der Waals surface area (Å²) in [7, 11) is 1.80. The second kappa shape index (κ2) is 4.20. The molecule has 6 heteroatoms. The molecule has 3 rings (SSSR count). The molecule has 2 aliphatic heterocycles. The van der Waals surface area contributed by atoms with E-state index >= 15 is 0 Å². The molecule has 4 unspecified atom stereocenters. The maximum atomic E-state index is 10.7. The maximum Gasteiger partial charge on any atom is 0.139 e. The zero-order valence-corrected chi connectivity index (χ0v) is 11.1. The Morgan fingerprint density at radius 1 is 1.72 bits per heavy atom. The quantitative estimate of drug-likeness (QED) is 0.860. The fourth-order valence-corrected chi connectivity index (χ4v) is 3.50. The third-order valence-electron chi connectivity index (χ3n) is 4.49. The molecule has 1 aromatic rings. The number of ether oxygens (including phenoxy) is 1. The topological polar surface area (TPSA) is 73.3 Å². The molecule has 2 aliphatic rings. The van der Waals surface area contributed by atoms with Crippen LogP contribution in [0.25, 0.3) is 0 Å². The number of nitrogens with two attached hydrogens (primary N) is 1. The Hall–Kier alpha value is -0.620. The Kier molecular flexibility index (Phi) is 2.90. The molecule has 5 nitrogen and oxygen atoms in total. The van der Waals surface area contributed by atoms with Gasteiger partial charge in [-0.3, -0.25) is 0 Å². The predicted octanol–water partition coefficient (Wildman–Crippen LogP) is 1.00. The van der Waals surface area contributed by atoms with Gasteiger partial charge in [-0.2, -0.15) is 0 Å². The number of nitrogens with zero attached hydrogens (tertiary/aromatic N) is 2. The second-order valence-electron chi connectivity index (χ2n) is 5.37. The van der Waals surface area contributed by atoms with Gasteiger partial charge in [-0.25, -0.2) is 4.98 Å². The highest BCUT2D eigenvalue weighted by molar-refractivity contribution is 6.29. The highest BCUT2D eigenvalue weighted by Crippen LogP contribution is 2.53. The fraction of sp³-hybridized carbons (Fsp3) is 0.750. The number of halogens is 1. The lowest BCUT2D eigenvalue weighted by molar-refractivity contribution is -0.0320. The van der Waals surface area contributed by atoms with E-state index in [2.05, 4.69) is 4.98 Å². The molecule has 1 aromatic heterocycles. The van der Waals surface area contributed by atoms with Crippen molar-refractivity contribution in [1.82, 2.24) is 9.55 Å². The van der Waals surface area contributed by atoms with Crippen LogP contribution in [-0.2, 0) is 11.8 Å². The minimum Gasteiger partial charge on any atom is -0.384 e. The van der Waals surface area contributed by atoms with Crippen molar-refractivity contribution in [2.24, 2.45) is 18.2 Å². The van der Waals surface area contributed by atoms with E-state index in [1.54, 1.807) is 17.8 Å². The van der Waals surface area contributed by atoms with E-state index in [0.29, 0.717) is 17.5 Å². The first-order valence-electron chi connectivity index (χ1n) is 6.29. The van der Waals surface area contributed by atoms with Gasteiger partial charge < -0.3 is 20.1 Å². The lowest BCUT2D eigenvalue weighted by Gasteiger charge is -2.38. The standard InChI is InChI=1S/C12H18ClN3O2/c1-16-9(13)5-15-11(16)10(17)12(6-14)4-7-2-3-8(12)18-7/h5,7-8,10,17H,2-4,6,14H2,1H3. The molecule has 18 heavy (non-hydrogen) atoms. The first-order valence-corrected chi connectivity index (χ1v) is 6.67. The molecule has 0 saturated carbocycles. The first kappa shape index (κ1) is 12.4. The smallest absolute Gasteiger partial charge is 0.139 e. The summed E-state index contributed by atoms with van der Waals surface area (Å²) in [6.07, 6.45) is 3.95. The average molecular weight is 272 g/mol. The van der Waals surface area contributed by atoms with Gasteiger partial charge in [0.15, 0.2) is 0 Å². The minimum absolute atomic E-state index is 0.0398. The van der Waals surface area contributed by atoms with Gasteiger partial charge in [0, 0.05) is 19.0 Å². The van der Waals surface area contributed by atoms with Crippen molar-refractivity contribution in [2.45, 2.75) is 37.6 Å². The molecule has 3 N–H and O–H groups in total. The number of aromatic nitrogens is 2. The van der Waals surface area contributed by atoms with Crippen LogP contribution in [0.4, 0.5) is 0 Å². The molecule has 100 valence electrons. The number of aliphatic hydroxyl groups excluding tert-OH is 1. The molecule has 2 saturated heterocycles. The third-order valence-corrected chi connectivity index (χ3v) is 4.84. The molecule has 3 heterocycles. The van der Waals surface area contributed by atoms with Gasteiger partial charge in [0.2, 0.25) is 0 Å². The maximum absolute atomic E-state index is 10.7. The SMILES string of the molecule is Cn1c(Cl)cnc1C(O)C1(CN)CC2CCC1O2. The van der Waals surface area contributed by atoms with E-state index < -0.39 is 11.5 Å². The molecular weight excluding hydrogens is 254 g/mol. The van der Waals surface area contributed by atoms with E-state index in [1.807, 2.05) is 0 Å². The van der Waals surface area contributed by atoms with Gasteiger partial charge in [0.05, 0.1) is 18.4 Å². The van der Waals surface area contributed by atoms with Crippen molar-refractivity contribution < 1.29 is 9.84 Å². The molecule has 0 radical (unpaired) electrons. The summed E-state index contributed by atoms with van der Waals surface area (Å²) in [6, 6.07) is 0. The van der Waals surface area contributed by atoms with Crippen LogP contribution in [0.3, 0.4) is 0 Å². The van der Waals surface area contributed by atoms with Crippen molar-refractivity contribution in [3.63, 3.8) is 0 Å². The average Bonchev–Trinajstić information content (AvgIpc) is 3.05. The summed E-state index contributed by atoms with van der Waals surface area (Å²) in [4.78, 5) is 4.21. The molecule has 2 bridgehead atoms. The lowest BCUT2D eigenvalue weighted by atomic mass is 9.69. The minimum atomic E-state index is -0.727. The highest BCUT2D eigenvalue weighted by atomic mass is 35.5. The van der Waals surface area contributed by atoms with Crippen molar-refractivity contribution in [3.8, 4) is 0 Å². The fourth-order valence-electron chi connectivity index (χ4n) is 3.36. The Morgan fingerprint density at radius 3 is 2.94 bits per heavy atom. The summed E-state index contributed by atoms with van der Waals surface area (Å²) in [5.74, 6) is 0.571. The van der Waals surface area contributed by atoms with E-state index in [-0.39, 0.29) is 12.2 Å². The van der Waals surface area contributed by atoms with Crippen molar-refractivity contribution in [2.75, 3.05) is 6.54 Å². The number of aliphatic hydroxyl groups is 1. The van der Waals surface area contributed by atoms with Gasteiger partial charge in [0.25, 0.3) is 0 Å². The van der Waals surface area contributed by atoms with Crippen molar-refractivity contribution in [3.05, 3.63) is 17.2 Å². The van der Waals surface area contributed by atoms with E-state index in [4.69, 9.17) is 22.1 Å². The number of imidazole rings is 1. The zero-order valence-electron chi connectivity index (χ0n) is 10.3. The molecule has 2 fully saturated rings. The highest BCUT2D eigenvalue weighted by Gasteiger charge is 2.56. The molecular formula is C12H18ClN3O2. The van der Waals surface area contributed by atoms with Crippen LogP contribution in [0.1, 0.15) is 31.2 Å². The number of hydrogen-bond acceptors (Lipinski definition) is 4. The summed E-state index contributed by atoms with van der Waals surface area (Å²) >= 11 is 5.97. The van der Waals surface area contributed by atoms with Crippen LogP contribution in [0.5, 0.6) is 0 Å². The first-order chi connectivity index (χ1) is 8.58. The van der Waals surface area contributed by atoms with Crippen molar-refractivity contribution in [1.29, 1.82) is 0 Å². The number of rotatable bonds is 3. The van der Waals surface area contributed by atoms with Crippen LogP contribution in [0.2, 0.25) is 5.15 Å². The third kappa shape index (κ3) is 1.54.